The number of aromatic nitrogens is 3. The molecule has 1 aliphatic carbocycles. The summed E-state index contributed by atoms with van der Waals surface area (Å²) >= 11 is 12.0. The molecule has 4 rings (SSSR count). The lowest BCUT2D eigenvalue weighted by molar-refractivity contribution is -0.0264. The molecule has 0 aliphatic heterocycles. The number of hydrogen-bond acceptors (Lipinski definition) is 7. The molecule has 3 aromatic rings. The van der Waals surface area contributed by atoms with Crippen LogP contribution < -0.4 is 5.48 Å². The predicted octanol–water partition coefficient (Wildman–Crippen LogP) is 3.15. The third-order valence-electron chi connectivity index (χ3n) is 5.45. The van der Waals surface area contributed by atoms with Gasteiger partial charge in [0, 0.05) is 12.1 Å². The third kappa shape index (κ3) is 3.97. The van der Waals surface area contributed by atoms with E-state index in [0.717, 1.165) is 0 Å². The SMILES string of the molecule is CONc1ncnc2c1ccn2[C@@H]1C[C@H](C(O)c2ccc(Cl)c(Cl)c2)[C@@H](O)[C@H]1O.Cl. The van der Waals surface area contributed by atoms with Crippen LogP contribution in [-0.2, 0) is 4.84 Å². The molecule has 2 heterocycles. The van der Waals surface area contributed by atoms with Crippen LogP contribution in [0.4, 0.5) is 5.82 Å². The van der Waals surface area contributed by atoms with Gasteiger partial charge in [0.1, 0.15) is 18.1 Å². The number of aliphatic hydroxyl groups is 3. The minimum Gasteiger partial charge on any atom is -0.390 e. The number of hydrogen-bond donors (Lipinski definition) is 4. The molecule has 0 saturated heterocycles. The second kappa shape index (κ2) is 9.23. The van der Waals surface area contributed by atoms with Gasteiger partial charge in [-0.3, -0.25) is 4.84 Å². The van der Waals surface area contributed by atoms with Crippen LogP contribution in [0.25, 0.3) is 11.0 Å². The summed E-state index contributed by atoms with van der Waals surface area (Å²) in [5.41, 5.74) is 3.81. The maximum absolute atomic E-state index is 10.8. The predicted molar refractivity (Wildman–Crippen MR) is 116 cm³/mol. The Morgan fingerprint density at radius 1 is 1.17 bits per heavy atom. The molecule has 0 amide bonds. The van der Waals surface area contributed by atoms with Crippen molar-refractivity contribution in [3.8, 4) is 0 Å². The normalized spacial score (nSPS) is 24.6. The molecule has 4 N–H and O–H groups in total. The lowest BCUT2D eigenvalue weighted by atomic mass is 9.92. The van der Waals surface area contributed by atoms with Crippen molar-refractivity contribution in [2.45, 2.75) is 30.8 Å². The van der Waals surface area contributed by atoms with E-state index in [2.05, 4.69) is 15.4 Å². The lowest BCUT2D eigenvalue weighted by Gasteiger charge is -2.22. The van der Waals surface area contributed by atoms with E-state index in [4.69, 9.17) is 28.0 Å². The fraction of sp³-hybridized carbons (Fsp3) is 0.368. The van der Waals surface area contributed by atoms with Gasteiger partial charge in [0.05, 0.1) is 40.8 Å². The smallest absolute Gasteiger partial charge is 0.162 e. The first-order valence-electron chi connectivity index (χ1n) is 9.02. The van der Waals surface area contributed by atoms with Gasteiger partial charge in [0.25, 0.3) is 0 Å². The van der Waals surface area contributed by atoms with Gasteiger partial charge in [-0.15, -0.1) is 12.4 Å². The Kier molecular flexibility index (Phi) is 7.09. The van der Waals surface area contributed by atoms with Gasteiger partial charge in [0.15, 0.2) is 5.82 Å². The van der Waals surface area contributed by atoms with Crippen LogP contribution in [0.15, 0.2) is 36.8 Å². The van der Waals surface area contributed by atoms with E-state index < -0.39 is 30.3 Å². The molecule has 1 aliphatic rings. The summed E-state index contributed by atoms with van der Waals surface area (Å²) in [6.45, 7) is 0. The number of aliphatic hydroxyl groups excluding tert-OH is 3. The Balaban J connectivity index is 0.00000256. The van der Waals surface area contributed by atoms with E-state index in [9.17, 15) is 15.3 Å². The number of benzene rings is 1. The van der Waals surface area contributed by atoms with Gasteiger partial charge >= 0.3 is 0 Å². The summed E-state index contributed by atoms with van der Waals surface area (Å²) in [5, 5.41) is 33.6. The summed E-state index contributed by atoms with van der Waals surface area (Å²) in [4.78, 5) is 13.4. The van der Waals surface area contributed by atoms with Crippen molar-refractivity contribution in [3.63, 3.8) is 0 Å². The van der Waals surface area contributed by atoms with Crippen LogP contribution >= 0.6 is 35.6 Å². The van der Waals surface area contributed by atoms with E-state index in [0.29, 0.717) is 38.9 Å². The molecule has 0 spiro atoms. The van der Waals surface area contributed by atoms with E-state index in [1.54, 1.807) is 35.0 Å². The molecule has 2 aromatic heterocycles. The average Bonchev–Trinajstić information content (AvgIpc) is 3.26. The maximum Gasteiger partial charge on any atom is 0.162 e. The van der Waals surface area contributed by atoms with E-state index in [1.165, 1.54) is 13.4 Å². The van der Waals surface area contributed by atoms with Crippen molar-refractivity contribution >= 4 is 52.5 Å². The quantitative estimate of drug-likeness (QED) is 0.419. The lowest BCUT2D eigenvalue weighted by Crippen LogP contribution is -2.31. The Morgan fingerprint density at radius 3 is 2.63 bits per heavy atom. The average molecular weight is 476 g/mol. The molecule has 11 heteroatoms. The number of anilines is 1. The van der Waals surface area contributed by atoms with Crippen molar-refractivity contribution in [2.75, 3.05) is 12.6 Å². The Bertz CT molecular complexity index is 1030. The zero-order valence-electron chi connectivity index (χ0n) is 15.8. The van der Waals surface area contributed by atoms with Gasteiger partial charge in [-0.1, -0.05) is 29.3 Å². The molecule has 1 aromatic carbocycles. The summed E-state index contributed by atoms with van der Waals surface area (Å²) in [6, 6.07) is 6.15. The molecule has 8 nitrogen and oxygen atoms in total. The molecule has 1 saturated carbocycles. The summed E-state index contributed by atoms with van der Waals surface area (Å²) < 4.78 is 1.79. The van der Waals surface area contributed by atoms with E-state index >= 15 is 0 Å². The topological polar surface area (TPSA) is 113 Å². The number of halogens is 3. The molecule has 162 valence electrons. The minimum atomic E-state index is -1.12. The van der Waals surface area contributed by atoms with Crippen LogP contribution in [0.5, 0.6) is 0 Å². The second-order valence-electron chi connectivity index (χ2n) is 7.06. The van der Waals surface area contributed by atoms with Crippen LogP contribution in [0.3, 0.4) is 0 Å². The van der Waals surface area contributed by atoms with Gasteiger partial charge in [-0.2, -0.15) is 0 Å². The third-order valence-corrected chi connectivity index (χ3v) is 6.19. The van der Waals surface area contributed by atoms with Gasteiger partial charge < -0.3 is 19.9 Å². The minimum absolute atomic E-state index is 0. The molecule has 1 fully saturated rings. The Labute approximate surface area is 188 Å². The number of nitrogens with one attached hydrogen (secondary N) is 1. The zero-order chi connectivity index (χ0) is 20.7. The van der Waals surface area contributed by atoms with Gasteiger partial charge in [-0.25, -0.2) is 15.4 Å². The highest BCUT2D eigenvalue weighted by Gasteiger charge is 2.46. The number of rotatable bonds is 5. The highest BCUT2D eigenvalue weighted by Crippen LogP contribution is 2.44. The number of fused-ring (bicyclic) bond motifs is 1. The standard InChI is InChI=1S/C19H20Cl2N4O4.ClH/c1-29-24-18-10-4-5-25(19(10)23-8-22-18)14-7-11(16(27)17(14)28)15(26)9-2-3-12(20)13(21)6-9;/h2-6,8,11,14-17,26-28H,7H2,1H3,(H,22,23,24);1H/t11-,14-,15?,16-,17+;/m1./s1. The van der Waals surface area contributed by atoms with Gasteiger partial charge in [0.2, 0.25) is 0 Å². The molecular formula is C19H21Cl3N4O4. The van der Waals surface area contributed by atoms with Crippen molar-refractivity contribution in [1.82, 2.24) is 14.5 Å². The summed E-state index contributed by atoms with van der Waals surface area (Å²) in [6.07, 6.45) is 0.280. The van der Waals surface area contributed by atoms with Crippen molar-refractivity contribution < 1.29 is 20.2 Å². The van der Waals surface area contributed by atoms with Crippen LogP contribution in [-0.4, -0.2) is 49.2 Å². The summed E-state index contributed by atoms with van der Waals surface area (Å²) in [5.74, 6) is -0.0974. The molecule has 1 unspecified atom stereocenters. The van der Waals surface area contributed by atoms with Crippen molar-refractivity contribution in [1.29, 1.82) is 0 Å². The van der Waals surface area contributed by atoms with Crippen molar-refractivity contribution in [2.24, 2.45) is 5.92 Å². The van der Waals surface area contributed by atoms with Crippen LogP contribution in [0, 0.1) is 5.92 Å². The van der Waals surface area contributed by atoms with Crippen LogP contribution in [0.1, 0.15) is 24.1 Å². The van der Waals surface area contributed by atoms with E-state index in [-0.39, 0.29) is 12.4 Å². The van der Waals surface area contributed by atoms with Crippen LogP contribution in [0.2, 0.25) is 10.0 Å². The second-order valence-corrected chi connectivity index (χ2v) is 7.87. The first kappa shape index (κ1) is 23.0. The summed E-state index contributed by atoms with van der Waals surface area (Å²) in [7, 11) is 1.48. The van der Waals surface area contributed by atoms with Crippen molar-refractivity contribution in [3.05, 3.63) is 52.4 Å². The fourth-order valence-electron chi connectivity index (χ4n) is 3.99. The highest BCUT2D eigenvalue weighted by atomic mass is 35.5. The van der Waals surface area contributed by atoms with Gasteiger partial charge in [-0.05, 0) is 30.2 Å². The first-order valence-corrected chi connectivity index (χ1v) is 9.77. The molecule has 30 heavy (non-hydrogen) atoms. The molecule has 0 radical (unpaired) electrons. The molecular weight excluding hydrogens is 455 g/mol. The number of nitrogens with zero attached hydrogens (tertiary/aromatic N) is 3. The monoisotopic (exact) mass is 474 g/mol. The largest absolute Gasteiger partial charge is 0.390 e. The fourth-order valence-corrected chi connectivity index (χ4v) is 4.30. The zero-order valence-corrected chi connectivity index (χ0v) is 18.1. The Hall–Kier alpha value is -1.65. The molecule has 0 bridgehead atoms. The highest BCUT2D eigenvalue weighted by molar-refractivity contribution is 6.42. The maximum atomic E-state index is 10.8. The molecule has 5 atom stereocenters. The Morgan fingerprint density at radius 2 is 1.93 bits per heavy atom. The first-order chi connectivity index (χ1) is 13.9. The van der Waals surface area contributed by atoms with E-state index in [1.807, 2.05) is 0 Å².